The largest absolute Gasteiger partial charge is 0.480 e. The summed E-state index contributed by atoms with van der Waals surface area (Å²) >= 11 is 0. The molecular weight excluding hydrogens is 304 g/mol. The number of carboxylic acid groups (broad SMARTS) is 1. The van der Waals surface area contributed by atoms with Crippen molar-refractivity contribution >= 4 is 11.9 Å². The van der Waals surface area contributed by atoms with E-state index in [4.69, 9.17) is 0 Å². The number of nitrogens with zero attached hydrogens (tertiary/aromatic N) is 1. The first-order chi connectivity index (χ1) is 11.3. The van der Waals surface area contributed by atoms with Gasteiger partial charge in [0.15, 0.2) is 0 Å². The fourth-order valence-electron chi connectivity index (χ4n) is 2.31. The fourth-order valence-corrected chi connectivity index (χ4v) is 2.31. The predicted molar refractivity (Wildman–Crippen MR) is 92.0 cm³/mol. The highest BCUT2D eigenvalue weighted by Crippen LogP contribution is 2.22. The standard InChI is InChI=1S/C19H22N2O3/c1-19(2,3)14-9-7-13(8-10-14)12-16(18(23)24)21-17(22)15-6-4-5-11-20-15/h4-11,16H,12H2,1-3H3,(H,21,22)(H,23,24)/t16-/m1/s1. The van der Waals surface area contributed by atoms with Crippen LogP contribution in [-0.2, 0) is 16.6 Å². The molecule has 0 unspecified atom stereocenters. The van der Waals surface area contributed by atoms with Gasteiger partial charge in [0.05, 0.1) is 0 Å². The average molecular weight is 326 g/mol. The minimum absolute atomic E-state index is 0.0396. The van der Waals surface area contributed by atoms with Gasteiger partial charge in [-0.15, -0.1) is 0 Å². The number of amides is 1. The van der Waals surface area contributed by atoms with Gasteiger partial charge in [0, 0.05) is 12.6 Å². The molecule has 126 valence electrons. The smallest absolute Gasteiger partial charge is 0.326 e. The van der Waals surface area contributed by atoms with Crippen molar-refractivity contribution in [2.75, 3.05) is 0 Å². The molecule has 0 saturated heterocycles. The van der Waals surface area contributed by atoms with Gasteiger partial charge in [-0.3, -0.25) is 9.78 Å². The number of pyridine rings is 1. The number of aromatic nitrogens is 1. The maximum atomic E-state index is 12.1. The van der Waals surface area contributed by atoms with Crippen LogP contribution in [-0.4, -0.2) is 28.0 Å². The molecule has 5 heteroatoms. The van der Waals surface area contributed by atoms with Crippen molar-refractivity contribution in [3.05, 3.63) is 65.5 Å². The Morgan fingerprint density at radius 2 is 1.79 bits per heavy atom. The lowest BCUT2D eigenvalue weighted by Gasteiger charge is -2.20. The first-order valence-corrected chi connectivity index (χ1v) is 7.81. The third-order valence-corrected chi connectivity index (χ3v) is 3.76. The second kappa shape index (κ2) is 7.25. The Balaban J connectivity index is 2.09. The van der Waals surface area contributed by atoms with Crippen LogP contribution < -0.4 is 5.32 Å². The molecule has 2 aromatic rings. The molecule has 0 spiro atoms. The second-order valence-corrected chi connectivity index (χ2v) is 6.73. The monoisotopic (exact) mass is 326 g/mol. The lowest BCUT2D eigenvalue weighted by atomic mass is 9.86. The Bertz CT molecular complexity index is 704. The lowest BCUT2D eigenvalue weighted by Crippen LogP contribution is -2.42. The lowest BCUT2D eigenvalue weighted by molar-refractivity contribution is -0.139. The summed E-state index contributed by atoms with van der Waals surface area (Å²) in [6, 6.07) is 11.7. The molecule has 0 fully saturated rings. The molecule has 0 bridgehead atoms. The predicted octanol–water partition coefficient (Wildman–Crippen LogP) is 2.80. The summed E-state index contributed by atoms with van der Waals surface area (Å²) in [6.45, 7) is 6.36. The Labute approximate surface area is 141 Å². The zero-order valence-corrected chi connectivity index (χ0v) is 14.1. The summed E-state index contributed by atoms with van der Waals surface area (Å²) in [5.41, 5.74) is 2.27. The van der Waals surface area contributed by atoms with Crippen LogP contribution in [0.15, 0.2) is 48.7 Å². The van der Waals surface area contributed by atoms with E-state index >= 15 is 0 Å². The van der Waals surface area contributed by atoms with E-state index in [0.29, 0.717) is 0 Å². The summed E-state index contributed by atoms with van der Waals surface area (Å²) in [4.78, 5) is 27.5. The zero-order valence-electron chi connectivity index (χ0n) is 14.1. The fraction of sp³-hybridized carbons (Fsp3) is 0.316. The van der Waals surface area contributed by atoms with Crippen LogP contribution in [0, 0.1) is 0 Å². The summed E-state index contributed by atoms with van der Waals surface area (Å²) in [5, 5.41) is 11.9. The van der Waals surface area contributed by atoms with Crippen LogP contribution in [0.4, 0.5) is 0 Å². The van der Waals surface area contributed by atoms with E-state index in [2.05, 4.69) is 31.1 Å². The minimum atomic E-state index is -1.07. The van der Waals surface area contributed by atoms with E-state index in [-0.39, 0.29) is 17.5 Å². The van der Waals surface area contributed by atoms with Crippen molar-refractivity contribution in [2.24, 2.45) is 0 Å². The normalized spacial score (nSPS) is 12.5. The highest BCUT2D eigenvalue weighted by Gasteiger charge is 2.22. The number of hydrogen-bond acceptors (Lipinski definition) is 3. The highest BCUT2D eigenvalue weighted by atomic mass is 16.4. The van der Waals surface area contributed by atoms with E-state index in [1.54, 1.807) is 18.2 Å². The molecule has 1 aromatic heterocycles. The molecule has 1 heterocycles. The highest BCUT2D eigenvalue weighted by molar-refractivity contribution is 5.94. The van der Waals surface area contributed by atoms with E-state index < -0.39 is 17.9 Å². The average Bonchev–Trinajstić information content (AvgIpc) is 2.54. The molecule has 2 N–H and O–H groups in total. The van der Waals surface area contributed by atoms with Gasteiger partial charge in [-0.05, 0) is 28.7 Å². The molecule has 0 aliphatic rings. The Morgan fingerprint density at radius 3 is 2.29 bits per heavy atom. The van der Waals surface area contributed by atoms with Gasteiger partial charge in [-0.2, -0.15) is 0 Å². The summed E-state index contributed by atoms with van der Waals surface area (Å²) < 4.78 is 0. The number of aliphatic carboxylic acids is 1. The van der Waals surface area contributed by atoms with Gasteiger partial charge in [-0.1, -0.05) is 51.1 Å². The van der Waals surface area contributed by atoms with E-state index in [1.807, 2.05) is 24.3 Å². The SMILES string of the molecule is CC(C)(C)c1ccc(C[C@@H](NC(=O)c2ccccn2)C(=O)O)cc1. The van der Waals surface area contributed by atoms with Crippen molar-refractivity contribution in [3.63, 3.8) is 0 Å². The quantitative estimate of drug-likeness (QED) is 0.885. The van der Waals surface area contributed by atoms with Crippen LogP contribution in [0.25, 0.3) is 0 Å². The molecule has 2 rings (SSSR count). The van der Waals surface area contributed by atoms with Crippen LogP contribution in [0.1, 0.15) is 42.4 Å². The van der Waals surface area contributed by atoms with Gasteiger partial charge in [0.1, 0.15) is 11.7 Å². The topological polar surface area (TPSA) is 79.3 Å². The maximum absolute atomic E-state index is 12.1. The first-order valence-electron chi connectivity index (χ1n) is 7.81. The third kappa shape index (κ3) is 4.65. The van der Waals surface area contributed by atoms with Crippen molar-refractivity contribution < 1.29 is 14.7 Å². The van der Waals surface area contributed by atoms with E-state index in [9.17, 15) is 14.7 Å². The molecule has 5 nitrogen and oxygen atoms in total. The summed E-state index contributed by atoms with van der Waals surface area (Å²) in [6.07, 6.45) is 1.72. The van der Waals surface area contributed by atoms with Gasteiger partial charge in [-0.25, -0.2) is 4.79 Å². The van der Waals surface area contributed by atoms with Crippen LogP contribution in [0.3, 0.4) is 0 Å². The number of rotatable bonds is 5. The van der Waals surface area contributed by atoms with Crippen LogP contribution >= 0.6 is 0 Å². The summed E-state index contributed by atoms with van der Waals surface area (Å²) in [5.74, 6) is -1.56. The molecule has 1 amide bonds. The number of benzene rings is 1. The Kier molecular flexibility index (Phi) is 5.34. The molecule has 24 heavy (non-hydrogen) atoms. The van der Waals surface area contributed by atoms with Crippen LogP contribution in [0.2, 0.25) is 0 Å². The number of hydrogen-bond donors (Lipinski definition) is 2. The molecule has 0 saturated carbocycles. The van der Waals surface area contributed by atoms with Crippen molar-refractivity contribution in [1.29, 1.82) is 0 Å². The zero-order chi connectivity index (χ0) is 17.7. The first kappa shape index (κ1) is 17.7. The summed E-state index contributed by atoms with van der Waals surface area (Å²) in [7, 11) is 0. The maximum Gasteiger partial charge on any atom is 0.326 e. The molecule has 0 aliphatic carbocycles. The molecule has 1 aromatic carbocycles. The number of carbonyl (C=O) groups is 2. The van der Waals surface area contributed by atoms with E-state index in [0.717, 1.165) is 5.56 Å². The van der Waals surface area contributed by atoms with Gasteiger partial charge >= 0.3 is 5.97 Å². The Morgan fingerprint density at radius 1 is 1.12 bits per heavy atom. The molecular formula is C19H22N2O3. The molecule has 1 atom stereocenters. The number of nitrogens with one attached hydrogen (secondary N) is 1. The Hall–Kier alpha value is -2.69. The van der Waals surface area contributed by atoms with Crippen molar-refractivity contribution in [2.45, 2.75) is 38.6 Å². The second-order valence-electron chi connectivity index (χ2n) is 6.73. The number of carboxylic acids is 1. The van der Waals surface area contributed by atoms with Crippen molar-refractivity contribution in [3.8, 4) is 0 Å². The molecule has 0 radical (unpaired) electrons. The van der Waals surface area contributed by atoms with Gasteiger partial charge in [0.25, 0.3) is 5.91 Å². The van der Waals surface area contributed by atoms with Crippen LogP contribution in [0.5, 0.6) is 0 Å². The van der Waals surface area contributed by atoms with Gasteiger partial charge < -0.3 is 10.4 Å². The van der Waals surface area contributed by atoms with Gasteiger partial charge in [0.2, 0.25) is 0 Å². The van der Waals surface area contributed by atoms with E-state index in [1.165, 1.54) is 11.8 Å². The third-order valence-electron chi connectivity index (χ3n) is 3.76. The van der Waals surface area contributed by atoms with Crippen molar-refractivity contribution in [1.82, 2.24) is 10.3 Å². The number of carbonyl (C=O) groups excluding carboxylic acids is 1. The minimum Gasteiger partial charge on any atom is -0.480 e. The molecule has 0 aliphatic heterocycles.